The van der Waals surface area contributed by atoms with Crippen molar-refractivity contribution in [1.29, 1.82) is 5.26 Å². The third kappa shape index (κ3) is 3.44. The summed E-state index contributed by atoms with van der Waals surface area (Å²) in [6, 6.07) is 17.0. The van der Waals surface area contributed by atoms with Gasteiger partial charge in [0.1, 0.15) is 17.6 Å². The fourth-order valence-corrected chi connectivity index (χ4v) is 2.87. The molecule has 1 fully saturated rings. The summed E-state index contributed by atoms with van der Waals surface area (Å²) < 4.78 is 0. The molecule has 2 aromatic rings. The van der Waals surface area contributed by atoms with Gasteiger partial charge in [-0.15, -0.1) is 0 Å². The van der Waals surface area contributed by atoms with Crippen LogP contribution in [0.5, 0.6) is 0 Å². The maximum absolute atomic E-state index is 9.06. The third-order valence-corrected chi connectivity index (χ3v) is 4.08. The Morgan fingerprint density at radius 1 is 1.27 bits per heavy atom. The number of rotatable bonds is 4. The first-order valence-electron chi connectivity index (χ1n) is 7.65. The molecule has 4 heteroatoms. The van der Waals surface area contributed by atoms with Crippen molar-refractivity contribution in [3.63, 3.8) is 0 Å². The zero-order chi connectivity index (χ0) is 15.4. The second-order valence-corrected chi connectivity index (χ2v) is 5.82. The molecule has 0 spiro atoms. The van der Waals surface area contributed by atoms with Gasteiger partial charge in [-0.25, -0.2) is 4.98 Å². The summed E-state index contributed by atoms with van der Waals surface area (Å²) >= 11 is 0. The van der Waals surface area contributed by atoms with E-state index >= 15 is 0 Å². The molecule has 1 aromatic carbocycles. The Balaban J connectivity index is 1.58. The van der Waals surface area contributed by atoms with E-state index in [2.05, 4.69) is 45.5 Å². The summed E-state index contributed by atoms with van der Waals surface area (Å²) in [6.45, 7) is 4.99. The van der Waals surface area contributed by atoms with Gasteiger partial charge in [0.05, 0.1) is 0 Å². The molecule has 112 valence electrons. The van der Waals surface area contributed by atoms with Crippen molar-refractivity contribution in [2.75, 3.05) is 18.4 Å². The fraction of sp³-hybridized carbons (Fsp3) is 0.333. The number of aromatic nitrogens is 1. The van der Waals surface area contributed by atoms with Crippen LogP contribution in [0.25, 0.3) is 0 Å². The lowest BCUT2D eigenvalue weighted by molar-refractivity contribution is 0.328. The molecule has 1 unspecified atom stereocenters. The van der Waals surface area contributed by atoms with Crippen molar-refractivity contribution in [2.24, 2.45) is 0 Å². The first kappa shape index (κ1) is 14.6. The molecule has 22 heavy (non-hydrogen) atoms. The van der Waals surface area contributed by atoms with E-state index in [9.17, 15) is 0 Å². The second-order valence-electron chi connectivity index (χ2n) is 5.82. The number of hydrogen-bond donors (Lipinski definition) is 1. The van der Waals surface area contributed by atoms with E-state index in [0.717, 1.165) is 37.4 Å². The maximum Gasteiger partial charge on any atom is 0.145 e. The number of anilines is 1. The predicted octanol–water partition coefficient (Wildman–Crippen LogP) is 2.95. The minimum Gasteiger partial charge on any atom is -0.366 e. The number of nitrogens with one attached hydrogen (secondary N) is 1. The molecular formula is C18H20N4. The van der Waals surface area contributed by atoms with Gasteiger partial charge in [0.25, 0.3) is 0 Å². The predicted molar refractivity (Wildman–Crippen MR) is 87.4 cm³/mol. The molecule has 0 bridgehead atoms. The number of likely N-dealkylation sites (tertiary alicyclic amines) is 1. The van der Waals surface area contributed by atoms with Crippen molar-refractivity contribution in [3.8, 4) is 6.07 Å². The van der Waals surface area contributed by atoms with Crippen LogP contribution < -0.4 is 5.32 Å². The lowest BCUT2D eigenvalue weighted by atomic mass is 10.2. The molecule has 0 aliphatic carbocycles. The van der Waals surface area contributed by atoms with Crippen LogP contribution in [0.1, 0.15) is 23.2 Å². The lowest BCUT2D eigenvalue weighted by Crippen LogP contribution is -2.26. The number of nitriles is 1. The number of hydrogen-bond acceptors (Lipinski definition) is 4. The van der Waals surface area contributed by atoms with Gasteiger partial charge in [-0.05, 0) is 30.5 Å². The van der Waals surface area contributed by atoms with Gasteiger partial charge in [-0.1, -0.05) is 36.4 Å². The van der Waals surface area contributed by atoms with Crippen LogP contribution in [0.3, 0.4) is 0 Å². The molecule has 2 heterocycles. The Morgan fingerprint density at radius 3 is 2.86 bits per heavy atom. The SMILES string of the molecule is Cc1ccc(NC2CCN(Cc3ccccc3)C2)nc1C#N. The van der Waals surface area contributed by atoms with E-state index in [1.54, 1.807) is 0 Å². The van der Waals surface area contributed by atoms with E-state index in [4.69, 9.17) is 5.26 Å². The second kappa shape index (κ2) is 6.59. The van der Waals surface area contributed by atoms with E-state index in [1.807, 2.05) is 25.1 Å². The van der Waals surface area contributed by atoms with Crippen molar-refractivity contribution < 1.29 is 0 Å². The highest BCUT2D eigenvalue weighted by Crippen LogP contribution is 2.18. The first-order chi connectivity index (χ1) is 10.7. The van der Waals surface area contributed by atoms with Gasteiger partial charge in [0.15, 0.2) is 0 Å². The van der Waals surface area contributed by atoms with Crippen molar-refractivity contribution in [1.82, 2.24) is 9.88 Å². The Bertz CT molecular complexity index is 675. The zero-order valence-corrected chi connectivity index (χ0v) is 12.8. The van der Waals surface area contributed by atoms with E-state index in [0.29, 0.717) is 11.7 Å². The van der Waals surface area contributed by atoms with Crippen molar-refractivity contribution in [2.45, 2.75) is 25.9 Å². The van der Waals surface area contributed by atoms with E-state index < -0.39 is 0 Å². The molecule has 1 atom stereocenters. The summed E-state index contributed by atoms with van der Waals surface area (Å²) in [5.74, 6) is 0.800. The number of benzene rings is 1. The highest BCUT2D eigenvalue weighted by atomic mass is 15.2. The zero-order valence-electron chi connectivity index (χ0n) is 12.8. The summed E-state index contributed by atoms with van der Waals surface area (Å²) in [5.41, 5.74) is 2.78. The summed E-state index contributed by atoms with van der Waals surface area (Å²) in [6.07, 6.45) is 1.10. The standard InChI is InChI=1S/C18H20N4/c1-14-7-8-18(21-17(14)11-19)20-16-9-10-22(13-16)12-15-5-3-2-4-6-15/h2-8,16H,9-10,12-13H2,1H3,(H,20,21). The molecule has 3 rings (SSSR count). The normalized spacial score (nSPS) is 18.1. The van der Waals surface area contributed by atoms with Crippen LogP contribution in [0, 0.1) is 18.3 Å². The third-order valence-electron chi connectivity index (χ3n) is 4.08. The number of pyridine rings is 1. The molecule has 0 amide bonds. The summed E-state index contributed by atoms with van der Waals surface area (Å²) in [7, 11) is 0. The molecule has 1 aliphatic rings. The van der Waals surface area contributed by atoms with Gasteiger partial charge >= 0.3 is 0 Å². The summed E-state index contributed by atoms with van der Waals surface area (Å²) in [4.78, 5) is 6.82. The van der Waals surface area contributed by atoms with Crippen molar-refractivity contribution in [3.05, 3.63) is 59.3 Å². The molecule has 0 radical (unpaired) electrons. The highest BCUT2D eigenvalue weighted by molar-refractivity contribution is 5.43. The van der Waals surface area contributed by atoms with Gasteiger partial charge in [-0.3, -0.25) is 4.90 Å². The molecule has 1 N–H and O–H groups in total. The largest absolute Gasteiger partial charge is 0.366 e. The Labute approximate surface area is 131 Å². The Hall–Kier alpha value is -2.38. The van der Waals surface area contributed by atoms with Crippen molar-refractivity contribution >= 4 is 5.82 Å². The Kier molecular flexibility index (Phi) is 4.36. The van der Waals surface area contributed by atoms with Gasteiger partial charge in [-0.2, -0.15) is 5.26 Å². The molecular weight excluding hydrogens is 272 g/mol. The molecule has 4 nitrogen and oxygen atoms in total. The maximum atomic E-state index is 9.06. The van der Waals surface area contributed by atoms with Crippen LogP contribution in [0.4, 0.5) is 5.82 Å². The van der Waals surface area contributed by atoms with E-state index in [-0.39, 0.29) is 0 Å². The van der Waals surface area contributed by atoms with Crippen LogP contribution in [-0.2, 0) is 6.54 Å². The van der Waals surface area contributed by atoms with Crippen LogP contribution in [-0.4, -0.2) is 29.0 Å². The molecule has 1 aliphatic heterocycles. The van der Waals surface area contributed by atoms with Crippen LogP contribution in [0.15, 0.2) is 42.5 Å². The van der Waals surface area contributed by atoms with Crippen LogP contribution in [0.2, 0.25) is 0 Å². The van der Waals surface area contributed by atoms with Gasteiger partial charge < -0.3 is 5.32 Å². The average Bonchev–Trinajstić information content (AvgIpc) is 2.97. The minimum atomic E-state index is 0.394. The fourth-order valence-electron chi connectivity index (χ4n) is 2.87. The van der Waals surface area contributed by atoms with E-state index in [1.165, 1.54) is 5.56 Å². The molecule has 0 saturated carbocycles. The first-order valence-corrected chi connectivity index (χ1v) is 7.65. The molecule has 1 saturated heterocycles. The quantitative estimate of drug-likeness (QED) is 0.941. The average molecular weight is 292 g/mol. The van der Waals surface area contributed by atoms with Gasteiger partial charge in [0, 0.05) is 25.7 Å². The lowest BCUT2D eigenvalue weighted by Gasteiger charge is -2.17. The highest BCUT2D eigenvalue weighted by Gasteiger charge is 2.22. The van der Waals surface area contributed by atoms with Gasteiger partial charge in [0.2, 0.25) is 0 Å². The monoisotopic (exact) mass is 292 g/mol. The minimum absolute atomic E-state index is 0.394. The number of nitrogens with zero attached hydrogens (tertiary/aromatic N) is 3. The molecule has 1 aromatic heterocycles. The summed E-state index contributed by atoms with van der Waals surface area (Å²) in [5, 5.41) is 12.5. The van der Waals surface area contributed by atoms with Crippen LogP contribution >= 0.6 is 0 Å². The Morgan fingerprint density at radius 2 is 2.09 bits per heavy atom. The smallest absolute Gasteiger partial charge is 0.145 e. The number of aryl methyl sites for hydroxylation is 1. The topological polar surface area (TPSA) is 52.0 Å².